The Morgan fingerprint density at radius 2 is 2.27 bits per heavy atom. The van der Waals surface area contributed by atoms with Crippen LogP contribution in [0.4, 0.5) is 0 Å². The first-order chi connectivity index (χ1) is 7.15. The van der Waals surface area contributed by atoms with Crippen LogP contribution in [-0.2, 0) is 0 Å². The maximum atomic E-state index is 11.6. The molecular weight excluding hydrogens is 328 g/mol. The third-order valence-corrected chi connectivity index (χ3v) is 2.80. The van der Waals surface area contributed by atoms with Crippen LogP contribution >= 0.6 is 34.2 Å². The molecule has 0 saturated carbocycles. The zero-order chi connectivity index (χ0) is 11.3. The smallest absolute Gasteiger partial charge is 0.255 e. The van der Waals surface area contributed by atoms with Gasteiger partial charge in [-0.1, -0.05) is 34.2 Å². The second-order valence-electron chi connectivity index (χ2n) is 2.96. The Hall–Kier alpha value is -0.490. The van der Waals surface area contributed by atoms with Crippen molar-refractivity contribution >= 4 is 40.1 Å². The van der Waals surface area contributed by atoms with Gasteiger partial charge in [-0.05, 0) is 24.6 Å². The molecule has 1 aromatic carbocycles. The summed E-state index contributed by atoms with van der Waals surface area (Å²) in [5.41, 5.74) is 0.218. The molecule has 0 aliphatic heterocycles. The maximum absolute atomic E-state index is 11.6. The van der Waals surface area contributed by atoms with Gasteiger partial charge in [0.25, 0.3) is 5.91 Å². The molecule has 0 fully saturated rings. The van der Waals surface area contributed by atoms with Crippen LogP contribution in [0.3, 0.4) is 0 Å². The van der Waals surface area contributed by atoms with Gasteiger partial charge in [0.1, 0.15) is 5.75 Å². The minimum absolute atomic E-state index is 0.0497. The third kappa shape index (κ3) is 3.87. The van der Waals surface area contributed by atoms with Gasteiger partial charge in [-0.3, -0.25) is 4.79 Å². The molecule has 1 rings (SSSR count). The number of amides is 1. The minimum atomic E-state index is -0.292. The van der Waals surface area contributed by atoms with E-state index in [-0.39, 0.29) is 17.2 Å². The first kappa shape index (κ1) is 12.6. The van der Waals surface area contributed by atoms with E-state index in [1.807, 2.05) is 0 Å². The topological polar surface area (TPSA) is 49.3 Å². The maximum Gasteiger partial charge on any atom is 0.255 e. The van der Waals surface area contributed by atoms with Gasteiger partial charge < -0.3 is 10.4 Å². The van der Waals surface area contributed by atoms with E-state index >= 15 is 0 Å². The molecule has 5 heteroatoms. The molecule has 0 saturated heterocycles. The fraction of sp³-hybridized carbons (Fsp3) is 0.300. The Bertz CT molecular complexity index is 357. The van der Waals surface area contributed by atoms with E-state index in [4.69, 9.17) is 11.6 Å². The molecule has 3 nitrogen and oxygen atoms in total. The second-order valence-corrected chi connectivity index (χ2v) is 4.48. The van der Waals surface area contributed by atoms with Crippen LogP contribution < -0.4 is 5.32 Å². The highest BCUT2D eigenvalue weighted by Gasteiger charge is 2.10. The van der Waals surface area contributed by atoms with Crippen LogP contribution in [0.15, 0.2) is 18.2 Å². The molecule has 1 aromatic rings. The Labute approximate surface area is 107 Å². The fourth-order valence-electron chi connectivity index (χ4n) is 1.05. The lowest BCUT2D eigenvalue weighted by molar-refractivity contribution is 0.0951. The summed E-state index contributed by atoms with van der Waals surface area (Å²) in [5, 5.41) is 12.6. The van der Waals surface area contributed by atoms with Gasteiger partial charge >= 0.3 is 0 Å². The lowest BCUT2D eigenvalue weighted by atomic mass is 10.2. The quantitative estimate of drug-likeness (QED) is 0.503. The monoisotopic (exact) mass is 339 g/mol. The minimum Gasteiger partial charge on any atom is -0.507 e. The average Bonchev–Trinajstić information content (AvgIpc) is 2.22. The summed E-state index contributed by atoms with van der Waals surface area (Å²) in [6.07, 6.45) is 0.910. The Balaban J connectivity index is 2.68. The van der Waals surface area contributed by atoms with Crippen molar-refractivity contribution in [2.45, 2.75) is 6.42 Å². The van der Waals surface area contributed by atoms with E-state index in [1.165, 1.54) is 12.1 Å². The van der Waals surface area contributed by atoms with E-state index in [1.54, 1.807) is 6.07 Å². The Morgan fingerprint density at radius 3 is 2.93 bits per heavy atom. The highest BCUT2D eigenvalue weighted by atomic mass is 127. The van der Waals surface area contributed by atoms with Gasteiger partial charge in [0.15, 0.2) is 0 Å². The molecule has 0 spiro atoms. The van der Waals surface area contributed by atoms with Crippen LogP contribution in [-0.4, -0.2) is 22.0 Å². The highest BCUT2D eigenvalue weighted by molar-refractivity contribution is 14.1. The van der Waals surface area contributed by atoms with Crippen molar-refractivity contribution in [2.24, 2.45) is 0 Å². The Morgan fingerprint density at radius 1 is 1.53 bits per heavy atom. The summed E-state index contributed by atoms with van der Waals surface area (Å²) >= 11 is 7.97. The van der Waals surface area contributed by atoms with Crippen LogP contribution in [0, 0.1) is 0 Å². The molecule has 0 aliphatic rings. The number of hydrogen-bond acceptors (Lipinski definition) is 2. The number of carbonyl (C=O) groups excluding carboxylic acids is 1. The van der Waals surface area contributed by atoms with Crippen molar-refractivity contribution in [3.8, 4) is 5.75 Å². The lowest BCUT2D eigenvalue weighted by Crippen LogP contribution is -2.24. The second kappa shape index (κ2) is 6.17. The van der Waals surface area contributed by atoms with Gasteiger partial charge in [0, 0.05) is 16.0 Å². The molecule has 0 bridgehead atoms. The lowest BCUT2D eigenvalue weighted by Gasteiger charge is -2.06. The molecule has 1 amide bonds. The number of hydrogen-bond donors (Lipinski definition) is 2. The summed E-state index contributed by atoms with van der Waals surface area (Å²) in [4.78, 5) is 11.6. The van der Waals surface area contributed by atoms with E-state index in [0.29, 0.717) is 11.6 Å². The zero-order valence-electron chi connectivity index (χ0n) is 7.96. The normalized spacial score (nSPS) is 10.0. The summed E-state index contributed by atoms with van der Waals surface area (Å²) in [6.45, 7) is 0.605. The predicted molar refractivity (Wildman–Crippen MR) is 69.0 cm³/mol. The number of rotatable bonds is 4. The van der Waals surface area contributed by atoms with Gasteiger partial charge in [0.2, 0.25) is 0 Å². The highest BCUT2D eigenvalue weighted by Crippen LogP contribution is 2.21. The summed E-state index contributed by atoms with van der Waals surface area (Å²) in [5.74, 6) is -0.341. The molecule has 2 N–H and O–H groups in total. The summed E-state index contributed by atoms with van der Waals surface area (Å²) in [7, 11) is 0. The van der Waals surface area contributed by atoms with Crippen molar-refractivity contribution in [2.75, 3.05) is 11.0 Å². The molecule has 0 aromatic heterocycles. The zero-order valence-corrected chi connectivity index (χ0v) is 10.9. The van der Waals surface area contributed by atoms with Crippen LogP contribution in [0.25, 0.3) is 0 Å². The van der Waals surface area contributed by atoms with E-state index < -0.39 is 0 Å². The number of benzene rings is 1. The number of phenols is 1. The van der Waals surface area contributed by atoms with Crippen molar-refractivity contribution in [3.05, 3.63) is 28.8 Å². The van der Waals surface area contributed by atoms with Gasteiger partial charge in [-0.25, -0.2) is 0 Å². The molecule has 15 heavy (non-hydrogen) atoms. The van der Waals surface area contributed by atoms with E-state index in [0.717, 1.165) is 10.8 Å². The molecule has 0 unspecified atom stereocenters. The standard InChI is InChI=1S/C10H11ClINO2/c11-7-2-3-9(14)8(6-7)10(15)13-5-1-4-12/h2-3,6,14H,1,4-5H2,(H,13,15). The first-order valence-electron chi connectivity index (χ1n) is 4.48. The number of halogens is 2. The van der Waals surface area contributed by atoms with Crippen molar-refractivity contribution < 1.29 is 9.90 Å². The molecule has 0 radical (unpaired) electrons. The van der Waals surface area contributed by atoms with Crippen LogP contribution in [0.5, 0.6) is 5.75 Å². The van der Waals surface area contributed by atoms with Crippen LogP contribution in [0.2, 0.25) is 5.02 Å². The van der Waals surface area contributed by atoms with E-state index in [9.17, 15) is 9.90 Å². The average molecular weight is 340 g/mol. The molecule has 82 valence electrons. The number of nitrogens with one attached hydrogen (secondary N) is 1. The molecule has 0 heterocycles. The van der Waals surface area contributed by atoms with Crippen LogP contribution in [0.1, 0.15) is 16.8 Å². The number of aromatic hydroxyl groups is 1. The summed E-state index contributed by atoms with van der Waals surface area (Å²) in [6, 6.07) is 4.41. The fourth-order valence-corrected chi connectivity index (χ4v) is 1.61. The van der Waals surface area contributed by atoms with Gasteiger partial charge in [0.05, 0.1) is 5.56 Å². The largest absolute Gasteiger partial charge is 0.507 e. The van der Waals surface area contributed by atoms with Crippen molar-refractivity contribution in [1.29, 1.82) is 0 Å². The van der Waals surface area contributed by atoms with Gasteiger partial charge in [-0.15, -0.1) is 0 Å². The molecule has 0 aliphatic carbocycles. The third-order valence-electron chi connectivity index (χ3n) is 1.80. The number of phenolic OH excluding ortho intramolecular Hbond substituents is 1. The Kier molecular flexibility index (Phi) is 5.17. The van der Waals surface area contributed by atoms with Crippen molar-refractivity contribution in [1.82, 2.24) is 5.32 Å². The van der Waals surface area contributed by atoms with Gasteiger partial charge in [-0.2, -0.15) is 0 Å². The number of alkyl halides is 1. The summed E-state index contributed by atoms with van der Waals surface area (Å²) < 4.78 is 0.986. The predicted octanol–water partition coefficient (Wildman–Crippen LogP) is 2.60. The molecule has 0 atom stereocenters. The van der Waals surface area contributed by atoms with Crippen molar-refractivity contribution in [3.63, 3.8) is 0 Å². The SMILES string of the molecule is O=C(NCCCI)c1cc(Cl)ccc1O. The first-order valence-corrected chi connectivity index (χ1v) is 6.38. The molecular formula is C10H11ClINO2. The van der Waals surface area contributed by atoms with E-state index in [2.05, 4.69) is 27.9 Å². The number of carbonyl (C=O) groups is 1.